The monoisotopic (exact) mass is 325 g/mol. The molecule has 2 aromatic carbocycles. The Balaban J connectivity index is 1.89. The van der Waals surface area contributed by atoms with E-state index in [9.17, 15) is 4.79 Å². The number of esters is 1. The largest absolute Gasteiger partial charge is 0.465 e. The van der Waals surface area contributed by atoms with Crippen LogP contribution in [-0.2, 0) is 15.3 Å². The van der Waals surface area contributed by atoms with Gasteiger partial charge in [0.25, 0.3) is 0 Å². The fourth-order valence-electron chi connectivity index (χ4n) is 2.68. The van der Waals surface area contributed by atoms with E-state index < -0.39 is 0 Å². The van der Waals surface area contributed by atoms with Crippen LogP contribution in [0.15, 0.2) is 54.6 Å². The van der Waals surface area contributed by atoms with Crippen molar-refractivity contribution in [3.8, 4) is 11.1 Å². The first-order valence-electron chi connectivity index (χ1n) is 7.68. The molecule has 0 aliphatic heterocycles. The SMILES string of the molecule is CCOC(=O)CSCc1[nH]c2ccccc2c1-c1ccccc1. The lowest BCUT2D eigenvalue weighted by molar-refractivity contribution is -0.139. The first-order chi connectivity index (χ1) is 11.3. The second-order valence-electron chi connectivity index (χ2n) is 5.19. The van der Waals surface area contributed by atoms with Crippen LogP contribution in [0.4, 0.5) is 0 Å². The predicted octanol–water partition coefficient (Wildman–Crippen LogP) is 4.63. The van der Waals surface area contributed by atoms with Crippen molar-refractivity contribution >= 4 is 28.6 Å². The van der Waals surface area contributed by atoms with Crippen molar-refractivity contribution in [2.75, 3.05) is 12.4 Å². The molecule has 0 unspecified atom stereocenters. The summed E-state index contributed by atoms with van der Waals surface area (Å²) in [6.45, 7) is 2.26. The van der Waals surface area contributed by atoms with Gasteiger partial charge in [0.15, 0.2) is 0 Å². The Morgan fingerprint density at radius 3 is 2.61 bits per heavy atom. The normalized spacial score (nSPS) is 10.8. The molecular weight excluding hydrogens is 306 g/mol. The molecule has 4 heteroatoms. The van der Waals surface area contributed by atoms with Crippen LogP contribution < -0.4 is 0 Å². The zero-order chi connectivity index (χ0) is 16.1. The minimum absolute atomic E-state index is 0.158. The lowest BCUT2D eigenvalue weighted by atomic mass is 10.0. The highest BCUT2D eigenvalue weighted by molar-refractivity contribution is 7.99. The highest BCUT2D eigenvalue weighted by Gasteiger charge is 2.13. The number of nitrogens with one attached hydrogen (secondary N) is 1. The Morgan fingerprint density at radius 2 is 1.83 bits per heavy atom. The van der Waals surface area contributed by atoms with Gasteiger partial charge in [0.2, 0.25) is 0 Å². The van der Waals surface area contributed by atoms with E-state index in [1.54, 1.807) is 11.8 Å². The number of carbonyl (C=O) groups excluding carboxylic acids is 1. The zero-order valence-corrected chi connectivity index (χ0v) is 13.9. The van der Waals surface area contributed by atoms with E-state index in [1.807, 2.05) is 31.2 Å². The number of thioether (sulfide) groups is 1. The Hall–Kier alpha value is -2.20. The van der Waals surface area contributed by atoms with Crippen LogP contribution in [-0.4, -0.2) is 23.3 Å². The standard InChI is InChI=1S/C19H19NO2S/c1-2-22-18(21)13-23-12-17-19(14-8-4-3-5-9-14)15-10-6-7-11-16(15)20-17/h3-11,20H,2,12-13H2,1H3. The molecule has 0 aliphatic carbocycles. The van der Waals surface area contributed by atoms with Crippen LogP contribution in [0.1, 0.15) is 12.6 Å². The molecule has 3 rings (SSSR count). The van der Waals surface area contributed by atoms with Crippen molar-refractivity contribution in [1.29, 1.82) is 0 Å². The van der Waals surface area contributed by atoms with Crippen LogP contribution >= 0.6 is 11.8 Å². The number of para-hydroxylation sites is 1. The second-order valence-corrected chi connectivity index (χ2v) is 6.17. The van der Waals surface area contributed by atoms with Crippen molar-refractivity contribution in [3.63, 3.8) is 0 Å². The van der Waals surface area contributed by atoms with E-state index >= 15 is 0 Å². The number of hydrogen-bond acceptors (Lipinski definition) is 3. The van der Waals surface area contributed by atoms with Crippen molar-refractivity contribution in [1.82, 2.24) is 4.98 Å². The smallest absolute Gasteiger partial charge is 0.315 e. The molecule has 0 aliphatic rings. The zero-order valence-electron chi connectivity index (χ0n) is 13.0. The van der Waals surface area contributed by atoms with Crippen molar-refractivity contribution < 1.29 is 9.53 Å². The Labute approximate surface area is 140 Å². The third kappa shape index (κ3) is 3.59. The summed E-state index contributed by atoms with van der Waals surface area (Å²) < 4.78 is 4.98. The van der Waals surface area contributed by atoms with E-state index in [2.05, 4.69) is 35.3 Å². The summed E-state index contributed by atoms with van der Waals surface area (Å²) in [5.41, 5.74) is 4.68. The molecule has 1 N–H and O–H groups in total. The number of carbonyl (C=O) groups is 1. The molecule has 23 heavy (non-hydrogen) atoms. The molecule has 3 nitrogen and oxygen atoms in total. The van der Waals surface area contributed by atoms with Gasteiger partial charge >= 0.3 is 5.97 Å². The fourth-order valence-corrected chi connectivity index (χ4v) is 3.45. The summed E-state index contributed by atoms with van der Waals surface area (Å²) >= 11 is 1.57. The Morgan fingerprint density at radius 1 is 1.09 bits per heavy atom. The quantitative estimate of drug-likeness (QED) is 0.672. The van der Waals surface area contributed by atoms with Crippen LogP contribution in [0.25, 0.3) is 22.0 Å². The molecule has 0 amide bonds. The minimum atomic E-state index is -0.158. The van der Waals surface area contributed by atoms with Crippen LogP contribution in [0.5, 0.6) is 0 Å². The average Bonchev–Trinajstić information content (AvgIpc) is 2.94. The maximum atomic E-state index is 11.5. The molecule has 0 fully saturated rings. The number of aromatic nitrogens is 1. The molecule has 0 bridgehead atoms. The van der Waals surface area contributed by atoms with Gasteiger partial charge in [0.1, 0.15) is 0 Å². The number of rotatable bonds is 6. The molecule has 0 atom stereocenters. The first kappa shape index (κ1) is 15.7. The van der Waals surface area contributed by atoms with Crippen molar-refractivity contribution in [2.45, 2.75) is 12.7 Å². The van der Waals surface area contributed by atoms with Gasteiger partial charge in [-0.3, -0.25) is 4.79 Å². The molecule has 3 aromatic rings. The van der Waals surface area contributed by atoms with E-state index in [0.29, 0.717) is 12.4 Å². The van der Waals surface area contributed by atoms with Crippen molar-refractivity contribution in [2.24, 2.45) is 0 Å². The Kier molecular flexibility index (Phi) is 5.03. The van der Waals surface area contributed by atoms with E-state index in [-0.39, 0.29) is 5.97 Å². The number of fused-ring (bicyclic) bond motifs is 1. The summed E-state index contributed by atoms with van der Waals surface area (Å²) in [5, 5.41) is 1.21. The molecule has 0 saturated carbocycles. The summed E-state index contributed by atoms with van der Waals surface area (Å²) in [7, 11) is 0. The van der Waals surface area contributed by atoms with Gasteiger partial charge < -0.3 is 9.72 Å². The summed E-state index contributed by atoms with van der Waals surface area (Å²) in [4.78, 5) is 15.0. The van der Waals surface area contributed by atoms with Gasteiger partial charge in [-0.05, 0) is 18.6 Å². The van der Waals surface area contributed by atoms with Crippen molar-refractivity contribution in [3.05, 3.63) is 60.3 Å². The highest BCUT2D eigenvalue weighted by Crippen LogP contribution is 2.34. The molecule has 1 heterocycles. The first-order valence-corrected chi connectivity index (χ1v) is 8.83. The number of ether oxygens (including phenoxy) is 1. The molecule has 118 valence electrons. The molecule has 1 aromatic heterocycles. The third-order valence-corrected chi connectivity index (χ3v) is 4.55. The number of H-pyrrole nitrogens is 1. The lowest BCUT2D eigenvalue weighted by Crippen LogP contribution is -2.06. The molecular formula is C19H19NO2S. The average molecular weight is 325 g/mol. The van der Waals surface area contributed by atoms with Crippen LogP contribution in [0.2, 0.25) is 0 Å². The topological polar surface area (TPSA) is 42.1 Å². The second kappa shape index (κ2) is 7.38. The third-order valence-electron chi connectivity index (χ3n) is 3.62. The van der Waals surface area contributed by atoms with Gasteiger partial charge in [-0.1, -0.05) is 48.5 Å². The van der Waals surface area contributed by atoms with E-state index in [4.69, 9.17) is 4.74 Å². The van der Waals surface area contributed by atoms with Gasteiger partial charge in [-0.15, -0.1) is 11.8 Å². The molecule has 0 saturated heterocycles. The molecule has 0 spiro atoms. The number of benzene rings is 2. The minimum Gasteiger partial charge on any atom is -0.465 e. The summed E-state index contributed by atoms with van der Waals surface area (Å²) in [5.74, 6) is 0.963. The van der Waals surface area contributed by atoms with Gasteiger partial charge in [-0.25, -0.2) is 0 Å². The van der Waals surface area contributed by atoms with Gasteiger partial charge in [0, 0.05) is 27.9 Å². The van der Waals surface area contributed by atoms with E-state index in [0.717, 1.165) is 17.0 Å². The highest BCUT2D eigenvalue weighted by atomic mass is 32.2. The summed E-state index contributed by atoms with van der Waals surface area (Å²) in [6.07, 6.45) is 0. The van der Waals surface area contributed by atoms with Gasteiger partial charge in [-0.2, -0.15) is 0 Å². The maximum absolute atomic E-state index is 11.5. The molecule has 0 radical (unpaired) electrons. The van der Waals surface area contributed by atoms with Crippen LogP contribution in [0.3, 0.4) is 0 Å². The predicted molar refractivity (Wildman–Crippen MR) is 96.5 cm³/mol. The fraction of sp³-hybridized carbons (Fsp3) is 0.211. The summed E-state index contributed by atoms with van der Waals surface area (Å²) in [6, 6.07) is 18.7. The Bertz CT molecular complexity index is 795. The maximum Gasteiger partial charge on any atom is 0.315 e. The van der Waals surface area contributed by atoms with E-state index in [1.165, 1.54) is 16.5 Å². The van der Waals surface area contributed by atoms with Crippen LogP contribution in [0, 0.1) is 0 Å². The van der Waals surface area contributed by atoms with Gasteiger partial charge in [0.05, 0.1) is 12.4 Å². The lowest BCUT2D eigenvalue weighted by Gasteiger charge is -2.05. The number of hydrogen-bond donors (Lipinski definition) is 1. The number of aromatic amines is 1.